The topological polar surface area (TPSA) is 76.7 Å². The van der Waals surface area contributed by atoms with Crippen molar-refractivity contribution in [1.82, 2.24) is 10.6 Å². The molecule has 1 aliphatic carbocycles. The number of benzene rings is 1. The van der Waals surface area contributed by atoms with E-state index in [2.05, 4.69) is 17.6 Å². The second-order valence-corrected chi connectivity index (χ2v) is 8.53. The second kappa shape index (κ2) is 9.14. The van der Waals surface area contributed by atoms with Gasteiger partial charge >= 0.3 is 0 Å². The van der Waals surface area contributed by atoms with Gasteiger partial charge in [-0.05, 0) is 18.6 Å². The summed E-state index contributed by atoms with van der Waals surface area (Å²) < 4.78 is 11.2. The van der Waals surface area contributed by atoms with Crippen LogP contribution in [0.2, 0.25) is 0 Å². The molecule has 5 atom stereocenters. The van der Waals surface area contributed by atoms with Crippen molar-refractivity contribution in [3.63, 3.8) is 0 Å². The molecule has 6 nitrogen and oxygen atoms in total. The number of rotatable bonds is 8. The summed E-state index contributed by atoms with van der Waals surface area (Å²) in [5, 5.41) is 5.76. The average Bonchev–Trinajstić information content (AvgIpc) is 3.07. The number of hydrogen-bond acceptors (Lipinski definition) is 4. The SMILES string of the molecule is CNC(=O)/C(C)=C/C(=C\C(C)C(OC)c1ccccc1)C(=O)NC1C2COCC21C. The third-order valence-corrected chi connectivity index (χ3v) is 6.37. The van der Waals surface area contributed by atoms with Crippen molar-refractivity contribution in [3.05, 3.63) is 59.2 Å². The normalized spacial score (nSPS) is 27.8. The van der Waals surface area contributed by atoms with Gasteiger partial charge in [-0.25, -0.2) is 0 Å². The van der Waals surface area contributed by atoms with Crippen LogP contribution in [0.1, 0.15) is 32.4 Å². The number of amides is 2. The van der Waals surface area contributed by atoms with Crippen LogP contribution < -0.4 is 10.6 Å². The van der Waals surface area contributed by atoms with Gasteiger partial charge in [-0.15, -0.1) is 0 Å². The van der Waals surface area contributed by atoms with Crippen LogP contribution >= 0.6 is 0 Å². The Bertz CT molecular complexity index is 848. The molecule has 6 heteroatoms. The molecule has 1 aliphatic heterocycles. The zero-order valence-electron chi connectivity index (χ0n) is 18.4. The van der Waals surface area contributed by atoms with Crippen LogP contribution in [0.3, 0.4) is 0 Å². The van der Waals surface area contributed by atoms with Crippen molar-refractivity contribution in [1.29, 1.82) is 0 Å². The van der Waals surface area contributed by atoms with Crippen LogP contribution in [0.15, 0.2) is 53.6 Å². The number of nitrogens with one attached hydrogen (secondary N) is 2. The third-order valence-electron chi connectivity index (χ3n) is 6.37. The largest absolute Gasteiger partial charge is 0.380 e. The minimum atomic E-state index is -0.212. The van der Waals surface area contributed by atoms with Gasteiger partial charge in [0.15, 0.2) is 0 Å². The number of hydrogen-bond donors (Lipinski definition) is 2. The first-order chi connectivity index (χ1) is 14.3. The monoisotopic (exact) mass is 412 g/mol. The maximum Gasteiger partial charge on any atom is 0.251 e. The van der Waals surface area contributed by atoms with Crippen LogP contribution in [0, 0.1) is 17.3 Å². The first-order valence-corrected chi connectivity index (χ1v) is 10.4. The van der Waals surface area contributed by atoms with Crippen LogP contribution in [-0.2, 0) is 19.1 Å². The molecule has 1 saturated carbocycles. The standard InChI is InChI=1S/C24H32N2O4/c1-15(20(29-5)17-9-7-6-8-10-17)11-18(12-16(2)22(27)25-4)23(28)26-21-19-13-30-14-24(19,21)3/h6-12,15,19-21H,13-14H2,1-5H3,(H,25,27)(H,26,28)/b16-12+,18-11+. The zero-order valence-corrected chi connectivity index (χ0v) is 18.4. The summed E-state index contributed by atoms with van der Waals surface area (Å²) in [6.45, 7) is 7.22. The van der Waals surface area contributed by atoms with Crippen LogP contribution in [0.25, 0.3) is 0 Å². The Morgan fingerprint density at radius 3 is 2.53 bits per heavy atom. The number of fused-ring (bicyclic) bond motifs is 1. The van der Waals surface area contributed by atoms with Crippen LogP contribution in [0.4, 0.5) is 0 Å². The third kappa shape index (κ3) is 4.50. The molecule has 0 radical (unpaired) electrons. The predicted molar refractivity (Wildman–Crippen MR) is 116 cm³/mol. The Balaban J connectivity index is 1.84. The molecule has 2 fully saturated rings. The number of carbonyl (C=O) groups excluding carboxylic acids is 2. The molecule has 1 heterocycles. The Morgan fingerprint density at radius 2 is 1.97 bits per heavy atom. The quantitative estimate of drug-likeness (QED) is 0.509. The van der Waals surface area contributed by atoms with E-state index < -0.39 is 0 Å². The number of ether oxygens (including phenoxy) is 2. The lowest BCUT2D eigenvalue weighted by atomic mass is 9.94. The Labute approximate surface area is 178 Å². The molecule has 0 spiro atoms. The lowest BCUT2D eigenvalue weighted by Gasteiger charge is -2.21. The van der Waals surface area contributed by atoms with Crippen molar-refractivity contribution in [2.45, 2.75) is 32.9 Å². The molecule has 2 amide bonds. The molecular formula is C24H32N2O4. The van der Waals surface area contributed by atoms with Gasteiger partial charge in [-0.2, -0.15) is 0 Å². The molecule has 2 aliphatic rings. The lowest BCUT2D eigenvalue weighted by Crippen LogP contribution is -2.33. The van der Waals surface area contributed by atoms with Gasteiger partial charge in [0.05, 0.1) is 19.3 Å². The molecule has 30 heavy (non-hydrogen) atoms. The number of likely N-dealkylation sites (N-methyl/N-ethyl adjacent to an activating group) is 1. The van der Waals surface area contributed by atoms with Crippen molar-refractivity contribution in [3.8, 4) is 0 Å². The highest BCUT2D eigenvalue weighted by Gasteiger charge is 2.65. The van der Waals surface area contributed by atoms with E-state index in [9.17, 15) is 9.59 Å². The van der Waals surface area contributed by atoms with Gasteiger partial charge in [0.1, 0.15) is 0 Å². The molecule has 3 rings (SSSR count). The fourth-order valence-corrected chi connectivity index (χ4v) is 4.39. The Morgan fingerprint density at radius 1 is 1.27 bits per heavy atom. The van der Waals surface area contributed by atoms with Crippen molar-refractivity contribution in [2.24, 2.45) is 17.3 Å². The summed E-state index contributed by atoms with van der Waals surface area (Å²) in [6.07, 6.45) is 3.34. The van der Waals surface area contributed by atoms with E-state index in [0.29, 0.717) is 30.3 Å². The molecule has 2 N–H and O–H groups in total. The van der Waals surface area contributed by atoms with Gasteiger partial charge in [-0.3, -0.25) is 9.59 Å². The maximum absolute atomic E-state index is 13.2. The molecule has 1 aromatic carbocycles. The molecule has 1 aromatic rings. The smallest absolute Gasteiger partial charge is 0.251 e. The summed E-state index contributed by atoms with van der Waals surface area (Å²) in [4.78, 5) is 25.2. The fourth-order valence-electron chi connectivity index (χ4n) is 4.39. The van der Waals surface area contributed by atoms with Crippen LogP contribution in [-0.4, -0.2) is 45.2 Å². The highest BCUT2D eigenvalue weighted by Crippen LogP contribution is 2.56. The summed E-state index contributed by atoms with van der Waals surface area (Å²) in [7, 11) is 3.24. The van der Waals surface area contributed by atoms with E-state index in [4.69, 9.17) is 9.47 Å². The first-order valence-electron chi connectivity index (χ1n) is 10.4. The number of methoxy groups -OCH3 is 1. The number of carbonyl (C=O) groups is 2. The summed E-state index contributed by atoms with van der Waals surface area (Å²) in [5.41, 5.74) is 2.00. The minimum absolute atomic E-state index is 0.0189. The van der Waals surface area contributed by atoms with E-state index in [-0.39, 0.29) is 35.3 Å². The van der Waals surface area contributed by atoms with Crippen molar-refractivity contribution in [2.75, 3.05) is 27.4 Å². The second-order valence-electron chi connectivity index (χ2n) is 8.53. The van der Waals surface area contributed by atoms with Gasteiger partial charge in [0, 0.05) is 48.6 Å². The Hall–Kier alpha value is -2.44. The molecule has 5 unspecified atom stereocenters. The molecule has 1 saturated heterocycles. The van der Waals surface area contributed by atoms with E-state index >= 15 is 0 Å². The first kappa shape index (κ1) is 22.2. The minimum Gasteiger partial charge on any atom is -0.380 e. The van der Waals surface area contributed by atoms with Gasteiger partial charge in [0.2, 0.25) is 5.91 Å². The maximum atomic E-state index is 13.2. The molecule has 0 aromatic heterocycles. The summed E-state index contributed by atoms with van der Waals surface area (Å²) in [5.74, 6) is -0.102. The average molecular weight is 413 g/mol. The van der Waals surface area contributed by atoms with E-state index in [1.807, 2.05) is 43.3 Å². The van der Waals surface area contributed by atoms with E-state index in [1.54, 1.807) is 27.2 Å². The van der Waals surface area contributed by atoms with E-state index in [0.717, 1.165) is 5.56 Å². The summed E-state index contributed by atoms with van der Waals surface area (Å²) in [6, 6.07) is 10.0. The lowest BCUT2D eigenvalue weighted by molar-refractivity contribution is -0.117. The van der Waals surface area contributed by atoms with Crippen molar-refractivity contribution < 1.29 is 19.1 Å². The zero-order chi connectivity index (χ0) is 21.9. The highest BCUT2D eigenvalue weighted by molar-refractivity contribution is 6.00. The van der Waals surface area contributed by atoms with Gasteiger partial charge < -0.3 is 20.1 Å². The molecule has 162 valence electrons. The van der Waals surface area contributed by atoms with Gasteiger partial charge in [0.25, 0.3) is 5.91 Å². The van der Waals surface area contributed by atoms with Gasteiger partial charge in [-0.1, -0.05) is 50.3 Å². The van der Waals surface area contributed by atoms with Crippen molar-refractivity contribution >= 4 is 11.8 Å². The fraction of sp³-hybridized carbons (Fsp3) is 0.500. The van der Waals surface area contributed by atoms with Crippen LogP contribution in [0.5, 0.6) is 0 Å². The predicted octanol–water partition coefficient (Wildman–Crippen LogP) is 2.78. The molecular weight excluding hydrogens is 380 g/mol. The van der Waals surface area contributed by atoms with E-state index in [1.165, 1.54) is 0 Å². The summed E-state index contributed by atoms with van der Waals surface area (Å²) >= 11 is 0. The Kier molecular flexibility index (Phi) is 6.78. The highest BCUT2D eigenvalue weighted by atomic mass is 16.5. The molecule has 0 bridgehead atoms.